The normalized spacial score (nSPS) is 10.4. The summed E-state index contributed by atoms with van der Waals surface area (Å²) < 4.78 is 0. The van der Waals surface area contributed by atoms with Crippen molar-refractivity contribution in [1.29, 1.82) is 0 Å². The van der Waals surface area contributed by atoms with Crippen LogP contribution in [0.5, 0.6) is 0 Å². The smallest absolute Gasteiger partial charge is 0.229 e. The van der Waals surface area contributed by atoms with E-state index in [1.165, 1.54) is 11.3 Å². The van der Waals surface area contributed by atoms with Crippen LogP contribution < -0.4 is 15.5 Å². The Balaban J connectivity index is 1.57. The zero-order valence-corrected chi connectivity index (χ0v) is 16.0. The molecule has 0 aliphatic rings. The van der Waals surface area contributed by atoms with Gasteiger partial charge in [0.25, 0.3) is 0 Å². The van der Waals surface area contributed by atoms with Crippen LogP contribution in [0, 0.1) is 0 Å². The molecule has 0 saturated carbocycles. The fraction of sp³-hybridized carbons (Fsp3) is 0.273. The zero-order chi connectivity index (χ0) is 18.9. The van der Waals surface area contributed by atoms with Crippen molar-refractivity contribution < 1.29 is 0 Å². The molecule has 0 spiro atoms. The highest BCUT2D eigenvalue weighted by atomic mass is 15.1. The van der Waals surface area contributed by atoms with Gasteiger partial charge in [-0.05, 0) is 56.2 Å². The summed E-state index contributed by atoms with van der Waals surface area (Å²) in [6, 6.07) is 20.7. The lowest BCUT2D eigenvalue weighted by molar-refractivity contribution is 0.866. The van der Waals surface area contributed by atoms with Crippen LogP contribution in [0.1, 0.15) is 19.4 Å². The van der Waals surface area contributed by atoms with E-state index in [-0.39, 0.29) is 0 Å². The predicted molar refractivity (Wildman–Crippen MR) is 114 cm³/mol. The van der Waals surface area contributed by atoms with Crippen molar-refractivity contribution in [2.45, 2.75) is 20.3 Å². The van der Waals surface area contributed by atoms with E-state index >= 15 is 0 Å². The van der Waals surface area contributed by atoms with Crippen LogP contribution in [-0.4, -0.2) is 29.6 Å². The quantitative estimate of drug-likeness (QED) is 0.577. The first-order valence-electron chi connectivity index (χ1n) is 9.51. The highest BCUT2D eigenvalue weighted by molar-refractivity contribution is 5.59. The first-order chi connectivity index (χ1) is 13.3. The molecule has 1 aromatic heterocycles. The Morgan fingerprint density at radius 3 is 2.33 bits per heavy atom. The summed E-state index contributed by atoms with van der Waals surface area (Å²) in [7, 11) is 0. The molecule has 0 amide bonds. The molecule has 0 bridgehead atoms. The average Bonchev–Trinajstić information content (AvgIpc) is 2.71. The fourth-order valence-electron chi connectivity index (χ4n) is 2.97. The Kier molecular flexibility index (Phi) is 6.63. The molecule has 0 fully saturated rings. The second kappa shape index (κ2) is 9.57. The minimum absolute atomic E-state index is 0.593. The van der Waals surface area contributed by atoms with Crippen LogP contribution in [0.3, 0.4) is 0 Å². The van der Waals surface area contributed by atoms with Gasteiger partial charge in [0.2, 0.25) is 5.95 Å². The molecule has 5 nitrogen and oxygen atoms in total. The minimum Gasteiger partial charge on any atom is -0.372 e. The van der Waals surface area contributed by atoms with Gasteiger partial charge in [-0.1, -0.05) is 30.3 Å². The number of hydrogen-bond donors (Lipinski definition) is 2. The largest absolute Gasteiger partial charge is 0.372 e. The molecular formula is C22H27N5. The molecule has 0 atom stereocenters. The number of anilines is 4. The van der Waals surface area contributed by atoms with Gasteiger partial charge in [0.1, 0.15) is 5.82 Å². The Labute approximate surface area is 161 Å². The molecule has 0 aliphatic heterocycles. The van der Waals surface area contributed by atoms with Crippen molar-refractivity contribution >= 4 is 23.1 Å². The first kappa shape index (κ1) is 18.7. The van der Waals surface area contributed by atoms with Crippen LogP contribution >= 0.6 is 0 Å². The van der Waals surface area contributed by atoms with E-state index < -0.39 is 0 Å². The molecule has 0 unspecified atom stereocenters. The molecular weight excluding hydrogens is 334 g/mol. The van der Waals surface area contributed by atoms with Gasteiger partial charge in [-0.15, -0.1) is 0 Å². The fourth-order valence-corrected chi connectivity index (χ4v) is 2.97. The van der Waals surface area contributed by atoms with Gasteiger partial charge in [0.15, 0.2) is 0 Å². The van der Waals surface area contributed by atoms with Crippen LogP contribution in [0.25, 0.3) is 0 Å². The van der Waals surface area contributed by atoms with E-state index in [1.807, 2.05) is 12.1 Å². The summed E-state index contributed by atoms with van der Waals surface area (Å²) in [6.07, 6.45) is 2.73. The lowest BCUT2D eigenvalue weighted by Gasteiger charge is -2.21. The maximum absolute atomic E-state index is 4.55. The zero-order valence-electron chi connectivity index (χ0n) is 16.0. The number of hydrogen-bond acceptors (Lipinski definition) is 5. The summed E-state index contributed by atoms with van der Waals surface area (Å²) >= 11 is 0. The third-order valence-electron chi connectivity index (χ3n) is 4.47. The molecule has 5 heteroatoms. The molecule has 27 heavy (non-hydrogen) atoms. The van der Waals surface area contributed by atoms with Gasteiger partial charge in [-0.2, -0.15) is 4.98 Å². The van der Waals surface area contributed by atoms with Crippen molar-refractivity contribution in [3.63, 3.8) is 0 Å². The lowest BCUT2D eigenvalue weighted by Crippen LogP contribution is -2.21. The third kappa shape index (κ3) is 5.45. The standard InChI is InChI=1S/C22H27N5/c1-3-27(4-2)20-12-10-19(11-13-20)25-22-24-17-15-21(26-22)23-16-14-18-8-6-5-7-9-18/h5-13,15,17H,3-4,14,16H2,1-2H3,(H2,23,24,25,26). The molecule has 0 aliphatic carbocycles. The predicted octanol–water partition coefficient (Wildman–Crippen LogP) is 4.72. The average molecular weight is 361 g/mol. The van der Waals surface area contributed by atoms with Gasteiger partial charge in [-0.25, -0.2) is 4.98 Å². The van der Waals surface area contributed by atoms with Gasteiger partial charge in [0, 0.05) is 37.2 Å². The van der Waals surface area contributed by atoms with Gasteiger partial charge in [-0.3, -0.25) is 0 Å². The number of aromatic nitrogens is 2. The molecule has 2 aromatic carbocycles. The van der Waals surface area contributed by atoms with E-state index in [4.69, 9.17) is 0 Å². The lowest BCUT2D eigenvalue weighted by atomic mass is 10.1. The number of benzene rings is 2. The number of nitrogens with zero attached hydrogens (tertiary/aromatic N) is 3. The maximum Gasteiger partial charge on any atom is 0.229 e. The van der Waals surface area contributed by atoms with E-state index in [2.05, 4.69) is 87.9 Å². The number of nitrogens with one attached hydrogen (secondary N) is 2. The molecule has 2 N–H and O–H groups in total. The third-order valence-corrected chi connectivity index (χ3v) is 4.47. The summed E-state index contributed by atoms with van der Waals surface area (Å²) in [6.45, 7) is 7.17. The topological polar surface area (TPSA) is 53.1 Å². The second-order valence-corrected chi connectivity index (χ2v) is 6.27. The van der Waals surface area contributed by atoms with Gasteiger partial charge < -0.3 is 15.5 Å². The van der Waals surface area contributed by atoms with E-state index in [0.29, 0.717) is 5.95 Å². The van der Waals surface area contributed by atoms with Gasteiger partial charge >= 0.3 is 0 Å². The molecule has 0 saturated heterocycles. The van der Waals surface area contributed by atoms with E-state index in [0.717, 1.165) is 37.6 Å². The SMILES string of the molecule is CCN(CC)c1ccc(Nc2nccc(NCCc3ccccc3)n2)cc1. The van der Waals surface area contributed by atoms with Crippen molar-refractivity contribution in [3.05, 3.63) is 72.4 Å². The van der Waals surface area contributed by atoms with Crippen molar-refractivity contribution in [2.75, 3.05) is 35.2 Å². The van der Waals surface area contributed by atoms with Crippen LogP contribution in [0.4, 0.5) is 23.1 Å². The minimum atomic E-state index is 0.593. The molecule has 3 rings (SSSR count). The Morgan fingerprint density at radius 2 is 1.63 bits per heavy atom. The van der Waals surface area contributed by atoms with Crippen molar-refractivity contribution in [2.24, 2.45) is 0 Å². The monoisotopic (exact) mass is 361 g/mol. The molecule has 3 aromatic rings. The van der Waals surface area contributed by atoms with E-state index in [1.54, 1.807) is 6.20 Å². The summed E-state index contributed by atoms with van der Waals surface area (Å²) in [5.41, 5.74) is 3.51. The van der Waals surface area contributed by atoms with Crippen LogP contribution in [0.2, 0.25) is 0 Å². The van der Waals surface area contributed by atoms with E-state index in [9.17, 15) is 0 Å². The second-order valence-electron chi connectivity index (χ2n) is 6.27. The molecule has 1 heterocycles. The summed E-state index contributed by atoms with van der Waals surface area (Å²) in [5, 5.41) is 6.63. The maximum atomic E-state index is 4.55. The Bertz CT molecular complexity index is 814. The molecule has 0 radical (unpaired) electrons. The Hall–Kier alpha value is -3.08. The number of rotatable bonds is 9. The van der Waals surface area contributed by atoms with Crippen molar-refractivity contribution in [1.82, 2.24) is 9.97 Å². The van der Waals surface area contributed by atoms with Crippen LogP contribution in [0.15, 0.2) is 66.9 Å². The first-order valence-corrected chi connectivity index (χ1v) is 9.51. The van der Waals surface area contributed by atoms with Crippen molar-refractivity contribution in [3.8, 4) is 0 Å². The highest BCUT2D eigenvalue weighted by Crippen LogP contribution is 2.20. The highest BCUT2D eigenvalue weighted by Gasteiger charge is 2.03. The van der Waals surface area contributed by atoms with Crippen LogP contribution in [-0.2, 0) is 6.42 Å². The summed E-state index contributed by atoms with van der Waals surface area (Å²) in [4.78, 5) is 11.2. The van der Waals surface area contributed by atoms with Gasteiger partial charge in [0.05, 0.1) is 0 Å². The summed E-state index contributed by atoms with van der Waals surface area (Å²) in [5.74, 6) is 1.42. The Morgan fingerprint density at radius 1 is 0.889 bits per heavy atom. The molecule has 140 valence electrons.